The van der Waals surface area contributed by atoms with Crippen molar-refractivity contribution in [3.63, 3.8) is 0 Å². The number of fused-ring (bicyclic) bond motifs is 7. The quantitative estimate of drug-likeness (QED) is 0.312. The second-order valence-corrected chi connectivity index (χ2v) is 18.3. The molecule has 9 aliphatic rings. The third-order valence-electron chi connectivity index (χ3n) is 16.9. The van der Waals surface area contributed by atoms with E-state index in [1.54, 1.807) is 135 Å². The zero-order valence-electron chi connectivity index (χ0n) is 26.8. The summed E-state index contributed by atoms with van der Waals surface area (Å²) in [7, 11) is 0. The van der Waals surface area contributed by atoms with Crippen LogP contribution >= 0.6 is 0 Å². The van der Waals surface area contributed by atoms with Crippen LogP contribution in [0.15, 0.2) is 0 Å². The molecule has 9 rings (SSSR count). The highest BCUT2D eigenvalue weighted by Crippen LogP contribution is 2.70. The minimum atomic E-state index is 1.00. The van der Waals surface area contributed by atoms with E-state index in [2.05, 4.69) is 4.81 Å². The average molecular weight is 558 g/mol. The minimum absolute atomic E-state index is 1.00. The summed E-state index contributed by atoms with van der Waals surface area (Å²) in [6.07, 6.45) is 36.6. The van der Waals surface area contributed by atoms with E-state index < -0.39 is 0 Å². The first-order chi connectivity index (χ1) is 20.3. The van der Waals surface area contributed by atoms with Gasteiger partial charge in [0.25, 0.3) is 0 Å². The Bertz CT molecular complexity index is 835. The van der Waals surface area contributed by atoms with Crippen molar-refractivity contribution >= 4 is 6.85 Å². The summed E-state index contributed by atoms with van der Waals surface area (Å²) in [5.41, 5.74) is 0. The van der Waals surface area contributed by atoms with E-state index in [-0.39, 0.29) is 0 Å². The van der Waals surface area contributed by atoms with Crippen LogP contribution < -0.4 is 0 Å². The molecule has 228 valence electrons. The van der Waals surface area contributed by atoms with Crippen LogP contribution in [0.25, 0.3) is 0 Å². The molecule has 1 nitrogen and oxygen atoms in total. The summed E-state index contributed by atoms with van der Waals surface area (Å²) in [5.74, 6) is 15.5. The van der Waals surface area contributed by atoms with E-state index in [4.69, 9.17) is 0 Å². The molecule has 0 radical (unpaired) electrons. The fourth-order valence-electron chi connectivity index (χ4n) is 15.7. The molecule has 7 aliphatic carbocycles. The number of hydrogen-bond donors (Lipinski definition) is 0. The fraction of sp³-hybridized carbons (Fsp3) is 1.00. The first kappa shape index (κ1) is 27.3. The first-order valence-corrected chi connectivity index (χ1v) is 20.1. The van der Waals surface area contributed by atoms with Gasteiger partial charge in [-0.15, -0.1) is 0 Å². The molecule has 2 aliphatic heterocycles. The summed E-state index contributed by atoms with van der Waals surface area (Å²) in [4.78, 5) is 3.31. The number of nitrogens with zero attached hydrogens (tertiary/aromatic N) is 1. The lowest BCUT2D eigenvalue weighted by Gasteiger charge is -2.50. The monoisotopic (exact) mass is 558 g/mol. The predicted octanol–water partition coefficient (Wildman–Crippen LogP) is 10.5. The van der Waals surface area contributed by atoms with Crippen LogP contribution in [0.2, 0.25) is 11.6 Å². The summed E-state index contributed by atoms with van der Waals surface area (Å²) >= 11 is 0. The average Bonchev–Trinajstić information content (AvgIpc) is 3.73. The van der Waals surface area contributed by atoms with Gasteiger partial charge in [-0.05, 0) is 141 Å². The Morgan fingerprint density at radius 3 is 1.22 bits per heavy atom. The highest BCUT2D eigenvalue weighted by Gasteiger charge is 2.64. The molecule has 0 spiro atoms. The van der Waals surface area contributed by atoms with E-state index in [1.807, 2.05) is 0 Å². The van der Waals surface area contributed by atoms with Crippen LogP contribution in [0.5, 0.6) is 0 Å². The SMILES string of the molecule is C1CCC(C2CCCC3C2C[C@H]2C[C@@H]4CC5C(C6CCCCC6)CCCC5C4B(N4CC5CCCCC5C4)C32)CC1. The van der Waals surface area contributed by atoms with Gasteiger partial charge in [-0.1, -0.05) is 103 Å². The first-order valence-electron chi connectivity index (χ1n) is 20.1. The fourth-order valence-corrected chi connectivity index (χ4v) is 15.7. The van der Waals surface area contributed by atoms with Crippen molar-refractivity contribution in [3.05, 3.63) is 0 Å². The molecule has 0 amide bonds. The Morgan fingerprint density at radius 2 is 0.732 bits per heavy atom. The Morgan fingerprint density at radius 1 is 0.317 bits per heavy atom. The normalized spacial score (nSPS) is 51.1. The van der Waals surface area contributed by atoms with E-state index in [1.165, 1.54) is 25.9 Å². The van der Waals surface area contributed by atoms with Crippen molar-refractivity contribution in [1.29, 1.82) is 0 Å². The van der Waals surface area contributed by atoms with Crippen molar-refractivity contribution in [2.45, 2.75) is 159 Å². The molecule has 0 aromatic carbocycles. The van der Waals surface area contributed by atoms with Crippen LogP contribution in [0, 0.1) is 71.0 Å². The molecule has 9 fully saturated rings. The van der Waals surface area contributed by atoms with Gasteiger partial charge in [-0.2, -0.15) is 0 Å². The molecule has 0 aromatic heterocycles. The molecule has 0 aromatic rings. The number of rotatable bonds is 3. The Kier molecular flexibility index (Phi) is 7.62. The molecule has 0 N–H and O–H groups in total. The summed E-state index contributed by atoms with van der Waals surface area (Å²) in [6.45, 7) is 4.05. The van der Waals surface area contributed by atoms with Gasteiger partial charge in [0.05, 0.1) is 0 Å². The van der Waals surface area contributed by atoms with Gasteiger partial charge in [0, 0.05) is 0 Å². The Labute approximate surface area is 254 Å². The Hall–Kier alpha value is 0.0249. The molecule has 2 saturated heterocycles. The topological polar surface area (TPSA) is 3.24 Å². The molecule has 2 heterocycles. The van der Waals surface area contributed by atoms with Gasteiger partial charge >= 0.3 is 0 Å². The van der Waals surface area contributed by atoms with Gasteiger partial charge in [-0.25, -0.2) is 0 Å². The lowest BCUT2D eigenvalue weighted by atomic mass is 9.30. The maximum Gasteiger partial charge on any atom is 0.230 e. The highest BCUT2D eigenvalue weighted by molar-refractivity contribution is 6.60. The van der Waals surface area contributed by atoms with E-state index in [0.717, 1.165) is 89.5 Å². The second-order valence-electron chi connectivity index (χ2n) is 18.3. The van der Waals surface area contributed by atoms with Crippen molar-refractivity contribution in [1.82, 2.24) is 4.81 Å². The zero-order valence-corrected chi connectivity index (χ0v) is 26.8. The molecule has 2 heteroatoms. The molecule has 41 heavy (non-hydrogen) atoms. The number of hydrogen-bond acceptors (Lipinski definition) is 1. The summed E-state index contributed by atoms with van der Waals surface area (Å²) in [5, 5.41) is 0. The van der Waals surface area contributed by atoms with Gasteiger partial charge < -0.3 is 4.81 Å². The van der Waals surface area contributed by atoms with Crippen molar-refractivity contribution in [2.24, 2.45) is 71.0 Å². The third-order valence-corrected chi connectivity index (χ3v) is 16.9. The molecular weight excluding hydrogens is 493 g/mol. The maximum absolute atomic E-state index is 3.31. The van der Waals surface area contributed by atoms with Gasteiger partial charge in [0.2, 0.25) is 6.85 Å². The minimum Gasteiger partial charge on any atom is -0.341 e. The predicted molar refractivity (Wildman–Crippen MR) is 173 cm³/mol. The van der Waals surface area contributed by atoms with E-state index in [9.17, 15) is 0 Å². The van der Waals surface area contributed by atoms with Crippen molar-refractivity contribution < 1.29 is 0 Å². The molecule has 0 bridgehead atoms. The maximum atomic E-state index is 3.31. The van der Waals surface area contributed by atoms with Crippen LogP contribution in [-0.4, -0.2) is 24.7 Å². The van der Waals surface area contributed by atoms with Crippen LogP contribution in [0.4, 0.5) is 0 Å². The standard InChI is InChI=1S/C39H64BN/c1-3-11-26(12-4-1)32-17-9-19-34-36(32)22-30-21-31-23-37-33(27-13-5-2-6-14-27)18-10-20-35(37)39(31)40(38(30)34)41-24-28-15-7-8-16-29(28)25-41/h26-39H,1-25H2/t28?,29?,30-,31-,32?,33?,34?,35?,36?,37?,38?,39?/m1/s1. The van der Waals surface area contributed by atoms with Crippen LogP contribution in [0.3, 0.4) is 0 Å². The smallest absolute Gasteiger partial charge is 0.230 e. The van der Waals surface area contributed by atoms with Crippen molar-refractivity contribution in [2.75, 3.05) is 13.1 Å². The van der Waals surface area contributed by atoms with Crippen molar-refractivity contribution in [3.8, 4) is 0 Å². The van der Waals surface area contributed by atoms with Gasteiger partial charge in [0.15, 0.2) is 0 Å². The molecule has 10 unspecified atom stereocenters. The summed E-state index contributed by atoms with van der Waals surface area (Å²) < 4.78 is 0. The van der Waals surface area contributed by atoms with E-state index in [0.29, 0.717) is 0 Å². The highest BCUT2D eigenvalue weighted by atomic mass is 15.1. The van der Waals surface area contributed by atoms with Gasteiger partial charge in [0.1, 0.15) is 0 Å². The molecule has 12 atom stereocenters. The lowest BCUT2D eigenvalue weighted by Crippen LogP contribution is -2.53. The van der Waals surface area contributed by atoms with Gasteiger partial charge in [-0.3, -0.25) is 0 Å². The third kappa shape index (κ3) is 4.69. The van der Waals surface area contributed by atoms with Crippen LogP contribution in [-0.2, 0) is 0 Å². The van der Waals surface area contributed by atoms with Crippen LogP contribution in [0.1, 0.15) is 148 Å². The lowest BCUT2D eigenvalue weighted by molar-refractivity contribution is 0.0939. The zero-order chi connectivity index (χ0) is 26.9. The summed E-state index contributed by atoms with van der Waals surface area (Å²) in [6, 6.07) is 0. The van der Waals surface area contributed by atoms with E-state index >= 15 is 0 Å². The Balaban J connectivity index is 1.04. The largest absolute Gasteiger partial charge is 0.341 e. The molecule has 7 saturated carbocycles. The molecular formula is C39H64BN. The second kappa shape index (κ2) is 11.4.